The summed E-state index contributed by atoms with van der Waals surface area (Å²) in [7, 11) is 0. The molecule has 3 aromatic rings. The van der Waals surface area contributed by atoms with Crippen molar-refractivity contribution in [3.8, 4) is 11.9 Å². The Morgan fingerprint density at radius 2 is 2.03 bits per heavy atom. The Morgan fingerprint density at radius 3 is 2.76 bits per heavy atom. The van der Waals surface area contributed by atoms with Gasteiger partial charge in [0.1, 0.15) is 12.1 Å². The van der Waals surface area contributed by atoms with Crippen molar-refractivity contribution < 1.29 is 4.74 Å². The van der Waals surface area contributed by atoms with Crippen LogP contribution in [0.25, 0.3) is 16.7 Å². The summed E-state index contributed by atoms with van der Waals surface area (Å²) in [5.74, 6) is 1.70. The van der Waals surface area contributed by atoms with Gasteiger partial charge in [-0.05, 0) is 49.7 Å². The summed E-state index contributed by atoms with van der Waals surface area (Å²) in [5.41, 5.74) is 2.05. The fraction of sp³-hybridized carbons (Fsp3) is 0.538. The smallest absolute Gasteiger partial charge is 0.159 e. The van der Waals surface area contributed by atoms with Crippen molar-refractivity contribution in [3.63, 3.8) is 0 Å². The molecule has 2 aliphatic carbocycles. The summed E-state index contributed by atoms with van der Waals surface area (Å²) in [4.78, 5) is 14.1. The quantitative estimate of drug-likeness (QED) is 0.598. The molecule has 0 radical (unpaired) electrons. The zero-order valence-electron chi connectivity index (χ0n) is 19.5. The molecule has 0 bridgehead atoms. The molecule has 174 valence electrons. The summed E-state index contributed by atoms with van der Waals surface area (Å²) < 4.78 is 7.51. The zero-order chi connectivity index (χ0) is 22.9. The summed E-state index contributed by atoms with van der Waals surface area (Å²) in [6.45, 7) is 6.91. The average molecular weight is 456 g/mol. The van der Waals surface area contributed by atoms with Crippen LogP contribution in [0.5, 0.6) is 0 Å². The van der Waals surface area contributed by atoms with Gasteiger partial charge >= 0.3 is 0 Å². The van der Waals surface area contributed by atoms with Crippen LogP contribution in [0.2, 0.25) is 0 Å². The predicted molar refractivity (Wildman–Crippen MR) is 128 cm³/mol. The van der Waals surface area contributed by atoms with E-state index in [1.54, 1.807) is 6.33 Å². The Morgan fingerprint density at radius 1 is 1.15 bits per heavy atom. The van der Waals surface area contributed by atoms with E-state index in [9.17, 15) is 5.26 Å². The van der Waals surface area contributed by atoms with Gasteiger partial charge in [-0.1, -0.05) is 12.1 Å². The number of aromatic nitrogens is 4. The number of nitrogens with zero attached hydrogens (tertiary/aromatic N) is 7. The number of fused-ring (bicyclic) bond motifs is 1. The van der Waals surface area contributed by atoms with E-state index in [1.807, 2.05) is 16.9 Å². The zero-order valence-corrected chi connectivity index (χ0v) is 19.5. The van der Waals surface area contributed by atoms with Gasteiger partial charge in [0, 0.05) is 49.8 Å². The van der Waals surface area contributed by atoms with Crippen LogP contribution in [0.3, 0.4) is 0 Å². The van der Waals surface area contributed by atoms with Crippen molar-refractivity contribution in [1.82, 2.24) is 24.6 Å². The van der Waals surface area contributed by atoms with Crippen LogP contribution in [0.1, 0.15) is 38.2 Å². The van der Waals surface area contributed by atoms with Crippen LogP contribution < -0.4 is 4.90 Å². The molecule has 34 heavy (non-hydrogen) atoms. The number of ether oxygens (including phenoxy) is 1. The van der Waals surface area contributed by atoms with E-state index < -0.39 is 0 Å². The molecular formula is C26H29N7O. The third kappa shape index (κ3) is 2.93. The molecular weight excluding hydrogens is 426 g/mol. The minimum absolute atomic E-state index is 0.242. The van der Waals surface area contributed by atoms with Gasteiger partial charge in [-0.25, -0.2) is 14.6 Å². The lowest BCUT2D eigenvalue weighted by molar-refractivity contribution is 0.105. The minimum atomic E-state index is -0.312. The third-order valence-electron chi connectivity index (χ3n) is 8.72. The van der Waals surface area contributed by atoms with Gasteiger partial charge < -0.3 is 9.64 Å². The number of nitriles is 1. The highest BCUT2D eigenvalue weighted by molar-refractivity contribution is 5.82. The maximum absolute atomic E-state index is 9.98. The van der Waals surface area contributed by atoms with Crippen LogP contribution in [0.4, 0.5) is 5.82 Å². The summed E-state index contributed by atoms with van der Waals surface area (Å²) >= 11 is 0. The lowest BCUT2D eigenvalue weighted by Gasteiger charge is -2.43. The van der Waals surface area contributed by atoms with E-state index in [-0.39, 0.29) is 10.8 Å². The van der Waals surface area contributed by atoms with Gasteiger partial charge in [-0.3, -0.25) is 4.90 Å². The molecule has 2 saturated heterocycles. The van der Waals surface area contributed by atoms with E-state index in [0.717, 1.165) is 73.8 Å². The Labute approximate surface area is 199 Å². The van der Waals surface area contributed by atoms with Crippen molar-refractivity contribution in [1.29, 1.82) is 5.26 Å². The fourth-order valence-corrected chi connectivity index (χ4v) is 6.45. The van der Waals surface area contributed by atoms with Crippen LogP contribution in [-0.2, 0) is 10.2 Å². The highest BCUT2D eigenvalue weighted by Crippen LogP contribution is 2.78. The van der Waals surface area contributed by atoms with Crippen molar-refractivity contribution in [3.05, 3.63) is 42.4 Å². The molecule has 7 rings (SSSR count). The van der Waals surface area contributed by atoms with Crippen LogP contribution in [0, 0.1) is 16.7 Å². The number of piperazine rings is 1. The molecule has 2 saturated carbocycles. The molecule has 4 fully saturated rings. The molecule has 2 aliphatic heterocycles. The number of anilines is 1. The van der Waals surface area contributed by atoms with Crippen molar-refractivity contribution in [2.75, 3.05) is 37.7 Å². The molecule has 4 heterocycles. The number of rotatable bonds is 4. The summed E-state index contributed by atoms with van der Waals surface area (Å²) in [6, 6.07) is 12.0. The third-order valence-corrected chi connectivity index (χ3v) is 8.72. The normalized spacial score (nSPS) is 30.1. The van der Waals surface area contributed by atoms with Crippen molar-refractivity contribution >= 4 is 16.7 Å². The minimum Gasteiger partial charge on any atom is -0.380 e. The molecule has 2 aromatic heterocycles. The van der Waals surface area contributed by atoms with Crippen molar-refractivity contribution in [2.24, 2.45) is 5.41 Å². The first-order valence-corrected chi connectivity index (χ1v) is 12.4. The maximum atomic E-state index is 9.98. The molecule has 3 atom stereocenters. The van der Waals surface area contributed by atoms with E-state index in [1.165, 1.54) is 12.8 Å². The van der Waals surface area contributed by atoms with Gasteiger partial charge in [0.25, 0.3) is 0 Å². The Kier molecular flexibility index (Phi) is 4.33. The van der Waals surface area contributed by atoms with E-state index in [4.69, 9.17) is 4.74 Å². The Hall–Kier alpha value is -3.02. The second-order valence-electron chi connectivity index (χ2n) is 10.6. The fourth-order valence-electron chi connectivity index (χ4n) is 6.45. The molecule has 1 spiro atoms. The predicted octanol–water partition coefficient (Wildman–Crippen LogP) is 3.06. The largest absolute Gasteiger partial charge is 0.380 e. The maximum Gasteiger partial charge on any atom is 0.159 e. The molecule has 0 N–H and O–H groups in total. The summed E-state index contributed by atoms with van der Waals surface area (Å²) in [6.07, 6.45) is 7.99. The lowest BCUT2D eigenvalue weighted by atomic mass is 9.93. The Balaban J connectivity index is 1.17. The first-order chi connectivity index (χ1) is 16.6. The SMILES string of the molecule is C[C@@H]1CN(c2cc(-n3ncc4ccc([C@@]5(C#N)CC56CC6)cc43)ncn2)CCN1C1CCOC1. The molecule has 0 amide bonds. The van der Waals surface area contributed by atoms with E-state index in [2.05, 4.69) is 56.1 Å². The van der Waals surface area contributed by atoms with Crippen LogP contribution >= 0.6 is 0 Å². The van der Waals surface area contributed by atoms with Crippen molar-refractivity contribution in [2.45, 2.75) is 50.1 Å². The first kappa shape index (κ1) is 20.4. The number of hydrogen-bond donors (Lipinski definition) is 0. The first-order valence-electron chi connectivity index (χ1n) is 12.4. The molecule has 8 nitrogen and oxygen atoms in total. The van der Waals surface area contributed by atoms with Gasteiger partial charge in [-0.2, -0.15) is 10.4 Å². The number of benzene rings is 1. The second kappa shape index (κ2) is 7.24. The van der Waals surface area contributed by atoms with Crippen LogP contribution in [0.15, 0.2) is 36.8 Å². The van der Waals surface area contributed by atoms with Gasteiger partial charge in [0.05, 0.1) is 29.8 Å². The van der Waals surface area contributed by atoms with Gasteiger partial charge in [0.2, 0.25) is 0 Å². The van der Waals surface area contributed by atoms with Gasteiger partial charge in [-0.15, -0.1) is 0 Å². The number of hydrogen-bond acceptors (Lipinski definition) is 7. The average Bonchev–Trinajstić information content (AvgIpc) is 3.60. The monoisotopic (exact) mass is 455 g/mol. The molecule has 1 aromatic carbocycles. The lowest BCUT2D eigenvalue weighted by Crippen LogP contribution is -2.55. The van der Waals surface area contributed by atoms with E-state index in [0.29, 0.717) is 12.1 Å². The molecule has 8 heteroatoms. The van der Waals surface area contributed by atoms with Crippen LogP contribution in [-0.4, -0.2) is 69.6 Å². The van der Waals surface area contributed by atoms with E-state index >= 15 is 0 Å². The Bertz CT molecular complexity index is 1300. The summed E-state index contributed by atoms with van der Waals surface area (Å²) in [5, 5.41) is 15.7. The topological polar surface area (TPSA) is 83.1 Å². The second-order valence-corrected chi connectivity index (χ2v) is 10.6. The standard InChI is InChI=1S/C26H29N7O/c1-18-13-31(7-8-32(18)21-4-9-34-14-21)23-11-24(29-17-28-23)33-22-10-20(3-2-19(22)12-30-33)26(16-27)15-25(26)5-6-25/h2-3,10-12,17-18,21H,4-9,13-15H2,1H3/t18-,21?,26+/m1/s1. The highest BCUT2D eigenvalue weighted by atomic mass is 16.5. The van der Waals surface area contributed by atoms with Gasteiger partial charge in [0.15, 0.2) is 5.82 Å². The molecule has 4 aliphatic rings. The molecule has 1 unspecified atom stereocenters. The highest BCUT2D eigenvalue weighted by Gasteiger charge is 2.75.